The highest BCUT2D eigenvalue weighted by Gasteiger charge is 2.30. The lowest BCUT2D eigenvalue weighted by Gasteiger charge is -2.26. The Bertz CT molecular complexity index is 351. The Morgan fingerprint density at radius 2 is 1.95 bits per heavy atom. The summed E-state index contributed by atoms with van der Waals surface area (Å²) in [5.41, 5.74) is -0.436. The highest BCUT2D eigenvalue weighted by atomic mass is 16.6. The lowest BCUT2D eigenvalue weighted by atomic mass is 10.2. The van der Waals surface area contributed by atoms with Gasteiger partial charge < -0.3 is 19.1 Å². The molecule has 0 aromatic carbocycles. The number of ether oxygens (including phenoxy) is 3. The molecule has 22 heavy (non-hydrogen) atoms. The van der Waals surface area contributed by atoms with Crippen LogP contribution in [0.15, 0.2) is 0 Å². The fourth-order valence-electron chi connectivity index (χ4n) is 2.72. The summed E-state index contributed by atoms with van der Waals surface area (Å²) in [4.78, 5) is 16.1. The number of morpholine rings is 1. The van der Waals surface area contributed by atoms with Crippen LogP contribution < -0.4 is 0 Å². The van der Waals surface area contributed by atoms with Crippen LogP contribution in [0.4, 0.5) is 4.79 Å². The predicted octanol–water partition coefficient (Wildman–Crippen LogP) is 1.73. The summed E-state index contributed by atoms with van der Waals surface area (Å²) in [5.74, 6) is 0. The van der Waals surface area contributed by atoms with Crippen LogP contribution >= 0.6 is 0 Å². The molecule has 2 aliphatic rings. The Kier molecular flexibility index (Phi) is 6.47. The van der Waals surface area contributed by atoms with Crippen LogP contribution in [0.2, 0.25) is 0 Å². The molecular weight excluding hydrogens is 284 g/mol. The average Bonchev–Trinajstić information content (AvgIpc) is 2.92. The molecule has 2 heterocycles. The summed E-state index contributed by atoms with van der Waals surface area (Å²) in [5, 5.41) is 0. The van der Waals surface area contributed by atoms with Crippen LogP contribution in [-0.4, -0.2) is 80.1 Å². The van der Waals surface area contributed by atoms with Gasteiger partial charge in [0.2, 0.25) is 0 Å². The van der Waals surface area contributed by atoms with Crippen LogP contribution in [0.5, 0.6) is 0 Å². The molecule has 2 fully saturated rings. The molecule has 2 rings (SSSR count). The molecule has 0 spiro atoms. The second-order valence-corrected chi connectivity index (χ2v) is 7.02. The minimum Gasteiger partial charge on any atom is -0.444 e. The number of likely N-dealkylation sites (tertiary alicyclic amines) is 1. The van der Waals surface area contributed by atoms with E-state index in [0.717, 1.165) is 58.8 Å². The number of rotatable bonds is 5. The minimum atomic E-state index is -0.436. The molecule has 0 bridgehead atoms. The molecule has 6 heteroatoms. The van der Waals surface area contributed by atoms with Crippen molar-refractivity contribution >= 4 is 6.09 Å². The van der Waals surface area contributed by atoms with Crippen molar-refractivity contribution in [3.8, 4) is 0 Å². The van der Waals surface area contributed by atoms with Crippen molar-refractivity contribution in [3.63, 3.8) is 0 Å². The van der Waals surface area contributed by atoms with E-state index >= 15 is 0 Å². The SMILES string of the molecule is CC(C)(C)OC(=O)N1CC[C@@H](OCCCN2CCOCC2)C1. The lowest BCUT2D eigenvalue weighted by Crippen LogP contribution is -2.37. The largest absolute Gasteiger partial charge is 0.444 e. The molecule has 0 N–H and O–H groups in total. The van der Waals surface area contributed by atoms with Crippen molar-refractivity contribution in [2.45, 2.75) is 45.3 Å². The van der Waals surface area contributed by atoms with Crippen LogP contribution in [0.3, 0.4) is 0 Å². The van der Waals surface area contributed by atoms with Gasteiger partial charge in [0.15, 0.2) is 0 Å². The summed E-state index contributed by atoms with van der Waals surface area (Å²) < 4.78 is 16.6. The van der Waals surface area contributed by atoms with Crippen molar-refractivity contribution in [1.82, 2.24) is 9.80 Å². The van der Waals surface area contributed by atoms with Gasteiger partial charge in [-0.1, -0.05) is 0 Å². The van der Waals surface area contributed by atoms with Crippen molar-refractivity contribution in [2.24, 2.45) is 0 Å². The van der Waals surface area contributed by atoms with Crippen LogP contribution in [-0.2, 0) is 14.2 Å². The van der Waals surface area contributed by atoms with Crippen LogP contribution in [0.25, 0.3) is 0 Å². The van der Waals surface area contributed by atoms with Crippen molar-refractivity contribution in [3.05, 3.63) is 0 Å². The van der Waals surface area contributed by atoms with Crippen molar-refractivity contribution in [2.75, 3.05) is 52.5 Å². The van der Waals surface area contributed by atoms with Crippen molar-refractivity contribution < 1.29 is 19.0 Å². The molecule has 2 aliphatic heterocycles. The molecule has 0 aliphatic carbocycles. The minimum absolute atomic E-state index is 0.150. The highest BCUT2D eigenvalue weighted by Crippen LogP contribution is 2.17. The summed E-state index contributed by atoms with van der Waals surface area (Å²) in [6.07, 6.45) is 1.85. The van der Waals surface area contributed by atoms with Gasteiger partial charge in [0.25, 0.3) is 0 Å². The van der Waals surface area contributed by atoms with Gasteiger partial charge in [0.05, 0.1) is 25.9 Å². The molecule has 1 amide bonds. The molecule has 0 radical (unpaired) electrons. The first-order chi connectivity index (χ1) is 10.4. The Balaban J connectivity index is 1.57. The van der Waals surface area contributed by atoms with E-state index in [1.807, 2.05) is 20.8 Å². The molecule has 6 nitrogen and oxygen atoms in total. The number of carbonyl (C=O) groups excluding carboxylic acids is 1. The topological polar surface area (TPSA) is 51.2 Å². The van der Waals surface area contributed by atoms with Gasteiger partial charge in [-0.2, -0.15) is 0 Å². The Hall–Kier alpha value is -0.850. The van der Waals surface area contributed by atoms with E-state index in [4.69, 9.17) is 14.2 Å². The molecule has 1 atom stereocenters. The number of amides is 1. The molecule has 2 saturated heterocycles. The second kappa shape index (κ2) is 8.13. The van der Waals surface area contributed by atoms with E-state index in [1.165, 1.54) is 0 Å². The predicted molar refractivity (Wildman–Crippen MR) is 84.0 cm³/mol. The van der Waals surface area contributed by atoms with E-state index < -0.39 is 5.60 Å². The highest BCUT2D eigenvalue weighted by molar-refractivity contribution is 5.68. The van der Waals surface area contributed by atoms with E-state index in [9.17, 15) is 4.79 Å². The zero-order valence-electron chi connectivity index (χ0n) is 14.2. The third-order valence-electron chi connectivity index (χ3n) is 3.87. The number of nitrogens with zero attached hydrogens (tertiary/aromatic N) is 2. The smallest absolute Gasteiger partial charge is 0.410 e. The zero-order chi connectivity index (χ0) is 16.0. The van der Waals surface area contributed by atoms with Gasteiger partial charge in [-0.3, -0.25) is 4.90 Å². The van der Waals surface area contributed by atoms with Gasteiger partial charge in [0, 0.05) is 32.8 Å². The third kappa shape index (κ3) is 6.10. The zero-order valence-corrected chi connectivity index (χ0v) is 14.2. The van der Waals surface area contributed by atoms with E-state index in [0.29, 0.717) is 6.54 Å². The number of hydrogen-bond acceptors (Lipinski definition) is 5. The quantitative estimate of drug-likeness (QED) is 0.724. The van der Waals surface area contributed by atoms with Gasteiger partial charge in [-0.25, -0.2) is 4.79 Å². The Labute approximate surface area is 133 Å². The first-order valence-corrected chi connectivity index (χ1v) is 8.34. The fourth-order valence-corrected chi connectivity index (χ4v) is 2.72. The maximum atomic E-state index is 12.0. The monoisotopic (exact) mass is 314 g/mol. The van der Waals surface area contributed by atoms with Gasteiger partial charge >= 0.3 is 6.09 Å². The van der Waals surface area contributed by atoms with E-state index in [2.05, 4.69) is 4.90 Å². The maximum Gasteiger partial charge on any atom is 0.410 e. The van der Waals surface area contributed by atoms with Gasteiger partial charge in [-0.15, -0.1) is 0 Å². The summed E-state index contributed by atoms with van der Waals surface area (Å²) in [6, 6.07) is 0. The van der Waals surface area contributed by atoms with E-state index in [1.54, 1.807) is 4.90 Å². The maximum absolute atomic E-state index is 12.0. The normalized spacial score (nSPS) is 23.8. The molecule has 0 aromatic heterocycles. The standard InChI is InChI=1S/C16H30N2O4/c1-16(2,3)22-15(19)18-7-5-14(13-18)21-10-4-6-17-8-11-20-12-9-17/h14H,4-13H2,1-3H3/t14-/m1/s1. The first-order valence-electron chi connectivity index (χ1n) is 8.34. The Morgan fingerprint density at radius 3 is 2.64 bits per heavy atom. The van der Waals surface area contributed by atoms with Crippen LogP contribution in [0.1, 0.15) is 33.6 Å². The van der Waals surface area contributed by atoms with Crippen molar-refractivity contribution in [1.29, 1.82) is 0 Å². The number of carbonyl (C=O) groups is 1. The molecule has 0 aromatic rings. The molecular formula is C16H30N2O4. The van der Waals surface area contributed by atoms with Gasteiger partial charge in [0.1, 0.15) is 5.60 Å². The molecule has 0 saturated carbocycles. The van der Waals surface area contributed by atoms with Gasteiger partial charge in [-0.05, 0) is 33.6 Å². The fraction of sp³-hybridized carbons (Fsp3) is 0.938. The molecule has 0 unspecified atom stereocenters. The first kappa shape index (κ1) is 17.5. The van der Waals surface area contributed by atoms with Crippen LogP contribution in [0, 0.1) is 0 Å². The van der Waals surface area contributed by atoms with E-state index in [-0.39, 0.29) is 12.2 Å². The Morgan fingerprint density at radius 1 is 1.23 bits per heavy atom. The summed E-state index contributed by atoms with van der Waals surface area (Å²) in [7, 11) is 0. The molecule has 128 valence electrons. The lowest BCUT2D eigenvalue weighted by molar-refractivity contribution is 0.0149. The summed E-state index contributed by atoms with van der Waals surface area (Å²) >= 11 is 0. The average molecular weight is 314 g/mol. The summed E-state index contributed by atoms with van der Waals surface area (Å²) in [6.45, 7) is 12.6. The second-order valence-electron chi connectivity index (χ2n) is 7.02. The third-order valence-corrected chi connectivity index (χ3v) is 3.87. The number of hydrogen-bond donors (Lipinski definition) is 0.